The number of fused-ring (bicyclic) bond motifs is 1. The summed E-state index contributed by atoms with van der Waals surface area (Å²) in [6, 6.07) is 8.76. The quantitative estimate of drug-likeness (QED) is 0.645. The number of rotatable bonds is 3. The highest BCUT2D eigenvalue weighted by atomic mass is 32.1. The Bertz CT molecular complexity index is 932. The molecule has 1 aromatic heterocycles. The van der Waals surface area contributed by atoms with Gasteiger partial charge in [0.25, 0.3) is 0 Å². The Kier molecular flexibility index (Phi) is 4.12. The van der Waals surface area contributed by atoms with Crippen LogP contribution in [0, 0.1) is 17.7 Å². The van der Waals surface area contributed by atoms with Crippen molar-refractivity contribution in [1.29, 1.82) is 0 Å². The lowest BCUT2D eigenvalue weighted by Gasteiger charge is -2.28. The van der Waals surface area contributed by atoms with Crippen molar-refractivity contribution >= 4 is 34.8 Å². The number of anilines is 1. The Balaban J connectivity index is 1.84. The van der Waals surface area contributed by atoms with Gasteiger partial charge in [0.15, 0.2) is 0 Å². The van der Waals surface area contributed by atoms with Crippen molar-refractivity contribution in [3.63, 3.8) is 0 Å². The summed E-state index contributed by atoms with van der Waals surface area (Å²) in [5, 5.41) is 5.00. The maximum absolute atomic E-state index is 14.3. The van der Waals surface area contributed by atoms with Crippen molar-refractivity contribution in [3.05, 3.63) is 52.5 Å². The number of hydrogen-bond acceptors (Lipinski definition) is 6. The fourth-order valence-electron chi connectivity index (χ4n) is 4.12. The molecule has 4 atom stereocenters. The number of carbonyl (C=O) groups is 3. The van der Waals surface area contributed by atoms with E-state index in [1.807, 2.05) is 17.5 Å². The topological polar surface area (TPSA) is 75.7 Å². The standard InChI is InChI=1S/C19H17FN2O4S/c1-19(18(25)26-2)14-13(15(21-19)12-8-5-9-27-12)16(23)22(17(14)24)11-7-4-3-6-10(11)20/h3-9,13-15,21H,1-2H3/t13-,14-,15+,19+/m0/s1. The minimum absolute atomic E-state index is 0.0981. The molecule has 2 fully saturated rings. The van der Waals surface area contributed by atoms with Gasteiger partial charge in [-0.15, -0.1) is 11.3 Å². The SMILES string of the molecule is COC(=O)[C@]1(C)N[C@H](c2cccs2)[C@H]2C(=O)N(c3ccccc3F)C(=O)[C@H]21. The molecule has 3 heterocycles. The number of para-hydroxylation sites is 1. The zero-order valence-electron chi connectivity index (χ0n) is 14.6. The van der Waals surface area contributed by atoms with Gasteiger partial charge in [0.2, 0.25) is 11.8 Å². The summed E-state index contributed by atoms with van der Waals surface area (Å²) in [6.07, 6.45) is 0. The minimum atomic E-state index is -1.39. The largest absolute Gasteiger partial charge is 0.468 e. The van der Waals surface area contributed by atoms with Crippen LogP contribution in [0.4, 0.5) is 10.1 Å². The molecule has 2 aliphatic heterocycles. The Morgan fingerprint density at radius 2 is 1.96 bits per heavy atom. The van der Waals surface area contributed by atoms with Crippen LogP contribution in [0.3, 0.4) is 0 Å². The first kappa shape index (κ1) is 17.8. The number of esters is 1. The summed E-state index contributed by atoms with van der Waals surface area (Å²) < 4.78 is 19.2. The maximum atomic E-state index is 14.3. The Morgan fingerprint density at radius 1 is 1.22 bits per heavy atom. The fraction of sp³-hybridized carbons (Fsp3) is 0.316. The lowest BCUT2D eigenvalue weighted by Crippen LogP contribution is -2.54. The maximum Gasteiger partial charge on any atom is 0.326 e. The lowest BCUT2D eigenvalue weighted by atomic mass is 9.81. The molecule has 8 heteroatoms. The number of halogens is 1. The average Bonchev–Trinajstić information content (AvgIpc) is 3.34. The van der Waals surface area contributed by atoms with E-state index in [-0.39, 0.29) is 5.69 Å². The van der Waals surface area contributed by atoms with Crippen molar-refractivity contribution in [3.8, 4) is 0 Å². The second-order valence-electron chi connectivity index (χ2n) is 6.80. The van der Waals surface area contributed by atoms with Crippen LogP contribution in [0.15, 0.2) is 41.8 Å². The molecule has 0 unspecified atom stereocenters. The number of thiophene rings is 1. The Morgan fingerprint density at radius 3 is 2.59 bits per heavy atom. The van der Waals surface area contributed by atoms with Crippen LogP contribution in [0.2, 0.25) is 0 Å². The van der Waals surface area contributed by atoms with E-state index in [9.17, 15) is 18.8 Å². The molecule has 0 saturated carbocycles. The molecular formula is C19H17FN2O4S. The van der Waals surface area contributed by atoms with E-state index < -0.39 is 47.0 Å². The zero-order valence-corrected chi connectivity index (χ0v) is 15.5. The number of nitrogens with zero attached hydrogens (tertiary/aromatic N) is 1. The van der Waals surface area contributed by atoms with Crippen molar-refractivity contribution in [2.75, 3.05) is 12.0 Å². The number of carbonyl (C=O) groups excluding carboxylic acids is 3. The van der Waals surface area contributed by atoms with Gasteiger partial charge in [0, 0.05) is 4.88 Å². The number of nitrogens with one attached hydrogen (secondary N) is 1. The summed E-state index contributed by atoms with van der Waals surface area (Å²) in [4.78, 5) is 40.6. The van der Waals surface area contributed by atoms with Gasteiger partial charge in [-0.1, -0.05) is 18.2 Å². The van der Waals surface area contributed by atoms with Gasteiger partial charge in [-0.2, -0.15) is 0 Å². The fourth-order valence-corrected chi connectivity index (χ4v) is 4.94. The van der Waals surface area contributed by atoms with Crippen LogP contribution in [-0.2, 0) is 19.1 Å². The number of imide groups is 1. The van der Waals surface area contributed by atoms with E-state index in [1.165, 1.54) is 36.6 Å². The Labute approximate surface area is 158 Å². The summed E-state index contributed by atoms with van der Waals surface area (Å²) in [5.41, 5.74) is -1.49. The smallest absolute Gasteiger partial charge is 0.326 e. The van der Waals surface area contributed by atoms with Crippen molar-refractivity contribution in [1.82, 2.24) is 5.32 Å². The van der Waals surface area contributed by atoms with Crippen LogP contribution in [0.1, 0.15) is 17.8 Å². The third-order valence-electron chi connectivity index (χ3n) is 5.34. The second-order valence-corrected chi connectivity index (χ2v) is 7.78. The van der Waals surface area contributed by atoms with Crippen LogP contribution < -0.4 is 10.2 Å². The molecule has 0 spiro atoms. The summed E-state index contributed by atoms with van der Waals surface area (Å²) in [7, 11) is 1.23. The molecule has 27 heavy (non-hydrogen) atoms. The van der Waals surface area contributed by atoms with Crippen molar-refractivity contribution < 1.29 is 23.5 Å². The molecule has 0 bridgehead atoms. The molecule has 2 amide bonds. The first-order chi connectivity index (χ1) is 12.9. The first-order valence-electron chi connectivity index (χ1n) is 8.42. The highest BCUT2D eigenvalue weighted by Crippen LogP contribution is 2.50. The molecule has 0 radical (unpaired) electrons. The number of methoxy groups -OCH3 is 1. The van der Waals surface area contributed by atoms with E-state index >= 15 is 0 Å². The van der Waals surface area contributed by atoms with E-state index in [0.29, 0.717) is 0 Å². The van der Waals surface area contributed by atoms with Gasteiger partial charge in [-0.3, -0.25) is 19.7 Å². The predicted octanol–water partition coefficient (Wildman–Crippen LogP) is 2.27. The van der Waals surface area contributed by atoms with Crippen LogP contribution >= 0.6 is 11.3 Å². The van der Waals surface area contributed by atoms with E-state index in [2.05, 4.69) is 5.32 Å². The molecule has 6 nitrogen and oxygen atoms in total. The summed E-state index contributed by atoms with van der Waals surface area (Å²) in [5.74, 6) is -4.22. The van der Waals surface area contributed by atoms with Gasteiger partial charge < -0.3 is 4.74 Å². The molecule has 1 N–H and O–H groups in total. The molecule has 0 aliphatic carbocycles. The first-order valence-corrected chi connectivity index (χ1v) is 9.30. The third kappa shape index (κ3) is 2.44. The van der Waals surface area contributed by atoms with E-state index in [1.54, 1.807) is 13.0 Å². The van der Waals surface area contributed by atoms with Crippen LogP contribution in [0.5, 0.6) is 0 Å². The monoisotopic (exact) mass is 388 g/mol. The highest BCUT2D eigenvalue weighted by Gasteiger charge is 2.67. The van der Waals surface area contributed by atoms with Gasteiger partial charge in [-0.05, 0) is 30.5 Å². The van der Waals surface area contributed by atoms with Gasteiger partial charge in [0.05, 0.1) is 30.7 Å². The summed E-state index contributed by atoms with van der Waals surface area (Å²) >= 11 is 1.42. The van der Waals surface area contributed by atoms with Gasteiger partial charge >= 0.3 is 5.97 Å². The minimum Gasteiger partial charge on any atom is -0.468 e. The Hall–Kier alpha value is -2.58. The normalized spacial score (nSPS) is 29.9. The molecule has 2 aliphatic rings. The molecule has 2 saturated heterocycles. The molecule has 1 aromatic carbocycles. The third-order valence-corrected chi connectivity index (χ3v) is 6.30. The molecule has 2 aromatic rings. The number of ether oxygens (including phenoxy) is 1. The van der Waals surface area contributed by atoms with Gasteiger partial charge in [0.1, 0.15) is 11.4 Å². The predicted molar refractivity (Wildman–Crippen MR) is 96.5 cm³/mol. The molecule has 140 valence electrons. The summed E-state index contributed by atoms with van der Waals surface area (Å²) in [6.45, 7) is 1.56. The molecule has 4 rings (SSSR count). The molecular weight excluding hydrogens is 371 g/mol. The van der Waals surface area contributed by atoms with Crippen molar-refractivity contribution in [2.45, 2.75) is 18.5 Å². The number of amides is 2. The van der Waals surface area contributed by atoms with E-state index in [0.717, 1.165) is 9.78 Å². The zero-order chi connectivity index (χ0) is 19.3. The number of hydrogen-bond donors (Lipinski definition) is 1. The van der Waals surface area contributed by atoms with Crippen molar-refractivity contribution in [2.24, 2.45) is 11.8 Å². The average molecular weight is 388 g/mol. The van der Waals surface area contributed by atoms with Crippen LogP contribution in [0.25, 0.3) is 0 Å². The second kappa shape index (κ2) is 6.24. The van der Waals surface area contributed by atoms with Crippen LogP contribution in [-0.4, -0.2) is 30.4 Å². The highest BCUT2D eigenvalue weighted by molar-refractivity contribution is 7.10. The van der Waals surface area contributed by atoms with Gasteiger partial charge in [-0.25, -0.2) is 9.29 Å². The number of benzene rings is 1. The van der Waals surface area contributed by atoms with E-state index in [4.69, 9.17) is 4.74 Å². The lowest BCUT2D eigenvalue weighted by molar-refractivity contribution is -0.151.